The fourth-order valence-corrected chi connectivity index (χ4v) is 9.31. The van der Waals surface area contributed by atoms with Gasteiger partial charge in [0.2, 0.25) is 0 Å². The molecule has 108 valence electrons. The summed E-state index contributed by atoms with van der Waals surface area (Å²) in [7, 11) is -1.66. The zero-order valence-corrected chi connectivity index (χ0v) is 14.1. The van der Waals surface area contributed by atoms with Crippen molar-refractivity contribution in [1.29, 1.82) is 0 Å². The van der Waals surface area contributed by atoms with Crippen LogP contribution in [0.5, 0.6) is 0 Å². The van der Waals surface area contributed by atoms with Gasteiger partial charge in [0.1, 0.15) is 0 Å². The Balaban J connectivity index is 2.50. The first kappa shape index (κ1) is 16.2. The van der Waals surface area contributed by atoms with Gasteiger partial charge in [0.15, 0.2) is 8.32 Å². The quantitative estimate of drug-likeness (QED) is 0.699. The Morgan fingerprint density at radius 2 is 1.44 bits per heavy atom. The molecule has 1 aliphatic rings. The van der Waals surface area contributed by atoms with Crippen molar-refractivity contribution in [3.8, 4) is 0 Å². The molecule has 0 aliphatic heterocycles. The van der Waals surface area contributed by atoms with Gasteiger partial charge in [-0.3, -0.25) is 0 Å². The Bertz CT molecular complexity index is 223. The normalized spacial score (nSPS) is 25.0. The van der Waals surface area contributed by atoms with E-state index in [1.807, 2.05) is 0 Å². The van der Waals surface area contributed by atoms with Crippen molar-refractivity contribution in [1.82, 2.24) is 0 Å². The van der Waals surface area contributed by atoms with Gasteiger partial charge in [-0.05, 0) is 41.8 Å². The summed E-state index contributed by atoms with van der Waals surface area (Å²) in [5, 5.41) is 9.31. The summed E-state index contributed by atoms with van der Waals surface area (Å²) in [6.07, 6.45) is 3.08. The van der Waals surface area contributed by atoms with E-state index in [0.29, 0.717) is 22.5 Å². The maximum absolute atomic E-state index is 9.31. The predicted molar refractivity (Wildman–Crippen MR) is 80.3 cm³/mol. The predicted octanol–water partition coefficient (Wildman–Crippen LogP) is 4.34. The van der Waals surface area contributed by atoms with Crippen LogP contribution < -0.4 is 0 Å². The fourth-order valence-electron chi connectivity index (χ4n) is 3.84. The summed E-state index contributed by atoms with van der Waals surface area (Å²) in [5.74, 6) is 0.707. The zero-order chi connectivity index (χ0) is 13.9. The van der Waals surface area contributed by atoms with Gasteiger partial charge < -0.3 is 9.53 Å². The lowest BCUT2D eigenvalue weighted by Crippen LogP contribution is -2.48. The molecular formula is C15H32O2Si. The Kier molecular flexibility index (Phi) is 5.88. The second kappa shape index (κ2) is 6.53. The van der Waals surface area contributed by atoms with E-state index in [4.69, 9.17) is 4.43 Å². The van der Waals surface area contributed by atoms with E-state index in [9.17, 15) is 5.11 Å². The van der Waals surface area contributed by atoms with E-state index in [2.05, 4.69) is 41.5 Å². The zero-order valence-electron chi connectivity index (χ0n) is 13.1. The largest absolute Gasteiger partial charge is 0.416 e. The number of aliphatic hydroxyl groups is 1. The maximum Gasteiger partial charge on any atom is 0.200 e. The highest BCUT2D eigenvalue weighted by atomic mass is 28.4. The van der Waals surface area contributed by atoms with Gasteiger partial charge in [-0.1, -0.05) is 41.5 Å². The van der Waals surface area contributed by atoms with Gasteiger partial charge in [0.05, 0.1) is 6.10 Å². The second-order valence-corrected chi connectivity index (χ2v) is 12.4. The van der Waals surface area contributed by atoms with Gasteiger partial charge in [-0.25, -0.2) is 0 Å². The third-order valence-electron chi connectivity index (χ3n) is 4.80. The maximum atomic E-state index is 9.31. The number of hydrogen-bond acceptors (Lipinski definition) is 2. The minimum Gasteiger partial charge on any atom is -0.416 e. The van der Waals surface area contributed by atoms with Crippen LogP contribution in [0.15, 0.2) is 0 Å². The molecule has 3 heteroatoms. The lowest BCUT2D eigenvalue weighted by atomic mass is 9.80. The summed E-state index contributed by atoms with van der Waals surface area (Å²) in [6, 6.07) is 0. The van der Waals surface area contributed by atoms with Crippen molar-refractivity contribution in [2.24, 2.45) is 5.92 Å². The SMILES string of the molecule is CC(C)[Si](OCCC1CC(O)C1)(C(C)C)C(C)C. The molecule has 0 heterocycles. The summed E-state index contributed by atoms with van der Waals surface area (Å²) in [6.45, 7) is 14.9. The molecule has 0 unspecified atom stereocenters. The fraction of sp³-hybridized carbons (Fsp3) is 1.00. The van der Waals surface area contributed by atoms with Crippen LogP contribution in [0.25, 0.3) is 0 Å². The summed E-state index contributed by atoms with van der Waals surface area (Å²) in [5.41, 5.74) is 2.01. The third kappa shape index (κ3) is 3.37. The molecule has 1 saturated carbocycles. The third-order valence-corrected chi connectivity index (χ3v) is 10.9. The van der Waals surface area contributed by atoms with E-state index in [-0.39, 0.29) is 6.10 Å². The minimum absolute atomic E-state index is 0.0303. The molecule has 1 fully saturated rings. The van der Waals surface area contributed by atoms with Crippen molar-refractivity contribution >= 4 is 8.32 Å². The molecule has 0 bridgehead atoms. The van der Waals surface area contributed by atoms with E-state index in [0.717, 1.165) is 25.9 Å². The standard InChI is InChI=1S/C15H32O2Si/c1-11(2)18(12(3)4,13(5)6)17-8-7-14-9-15(16)10-14/h11-16H,7-10H2,1-6H3. The highest BCUT2D eigenvalue weighted by Crippen LogP contribution is 2.42. The molecule has 0 saturated heterocycles. The van der Waals surface area contributed by atoms with E-state index >= 15 is 0 Å². The first-order valence-electron chi connectivity index (χ1n) is 7.62. The molecule has 0 amide bonds. The summed E-state index contributed by atoms with van der Waals surface area (Å²) >= 11 is 0. The highest BCUT2D eigenvalue weighted by Gasteiger charge is 2.45. The Hall–Kier alpha value is 0.137. The summed E-state index contributed by atoms with van der Waals surface area (Å²) < 4.78 is 6.51. The molecule has 0 radical (unpaired) electrons. The van der Waals surface area contributed by atoms with Crippen LogP contribution in [0.1, 0.15) is 60.8 Å². The Morgan fingerprint density at radius 1 is 1.00 bits per heavy atom. The first-order chi connectivity index (χ1) is 8.30. The number of hydrogen-bond donors (Lipinski definition) is 1. The molecule has 0 atom stereocenters. The molecule has 0 aromatic rings. The molecule has 2 nitrogen and oxygen atoms in total. The van der Waals surface area contributed by atoms with Crippen LogP contribution >= 0.6 is 0 Å². The van der Waals surface area contributed by atoms with Crippen LogP contribution in [0.2, 0.25) is 16.6 Å². The van der Waals surface area contributed by atoms with E-state index in [1.54, 1.807) is 0 Å². The Morgan fingerprint density at radius 3 is 1.78 bits per heavy atom. The van der Waals surface area contributed by atoms with E-state index in [1.165, 1.54) is 0 Å². The smallest absolute Gasteiger partial charge is 0.200 e. The number of aliphatic hydroxyl groups excluding tert-OH is 1. The van der Waals surface area contributed by atoms with Gasteiger partial charge >= 0.3 is 0 Å². The van der Waals surface area contributed by atoms with Crippen LogP contribution in [0.3, 0.4) is 0 Å². The number of rotatable bonds is 7. The van der Waals surface area contributed by atoms with Crippen molar-refractivity contribution < 1.29 is 9.53 Å². The average molecular weight is 273 g/mol. The van der Waals surface area contributed by atoms with Crippen molar-refractivity contribution in [3.05, 3.63) is 0 Å². The summed E-state index contributed by atoms with van der Waals surface area (Å²) in [4.78, 5) is 0. The van der Waals surface area contributed by atoms with Crippen LogP contribution in [0.4, 0.5) is 0 Å². The molecule has 1 aliphatic carbocycles. The average Bonchev–Trinajstić information content (AvgIpc) is 2.19. The first-order valence-corrected chi connectivity index (χ1v) is 9.76. The van der Waals surface area contributed by atoms with Crippen LogP contribution in [0, 0.1) is 5.92 Å². The Labute approximate surface area is 114 Å². The highest BCUT2D eigenvalue weighted by molar-refractivity contribution is 6.77. The minimum atomic E-state index is -1.66. The van der Waals surface area contributed by atoms with E-state index < -0.39 is 8.32 Å². The molecule has 0 aromatic carbocycles. The topological polar surface area (TPSA) is 29.5 Å². The molecular weight excluding hydrogens is 240 g/mol. The monoisotopic (exact) mass is 272 g/mol. The van der Waals surface area contributed by atoms with Crippen LogP contribution in [-0.2, 0) is 4.43 Å². The second-order valence-electron chi connectivity index (χ2n) is 6.95. The van der Waals surface area contributed by atoms with Gasteiger partial charge in [0, 0.05) is 6.61 Å². The van der Waals surface area contributed by atoms with Crippen molar-refractivity contribution in [2.45, 2.75) is 83.5 Å². The van der Waals surface area contributed by atoms with Gasteiger partial charge in [0.25, 0.3) is 0 Å². The molecule has 18 heavy (non-hydrogen) atoms. The van der Waals surface area contributed by atoms with Gasteiger partial charge in [-0.2, -0.15) is 0 Å². The molecule has 1 N–H and O–H groups in total. The van der Waals surface area contributed by atoms with Gasteiger partial charge in [-0.15, -0.1) is 0 Å². The lowest BCUT2D eigenvalue weighted by Gasteiger charge is -2.43. The lowest BCUT2D eigenvalue weighted by molar-refractivity contribution is 0.0320. The van der Waals surface area contributed by atoms with Crippen molar-refractivity contribution in [3.63, 3.8) is 0 Å². The molecule has 0 spiro atoms. The van der Waals surface area contributed by atoms with Crippen molar-refractivity contribution in [2.75, 3.05) is 6.61 Å². The molecule has 1 rings (SSSR count). The van der Waals surface area contributed by atoms with Crippen LogP contribution in [-0.4, -0.2) is 26.1 Å². The molecule has 0 aromatic heterocycles.